The molecular formula is C36H46N2O8S. The molecule has 1 spiro atoms. The van der Waals surface area contributed by atoms with Gasteiger partial charge in [0.1, 0.15) is 16.8 Å². The number of ether oxygens (including phenoxy) is 3. The Labute approximate surface area is 276 Å². The van der Waals surface area contributed by atoms with Gasteiger partial charge >= 0.3 is 5.97 Å². The molecule has 2 heterocycles. The van der Waals surface area contributed by atoms with Crippen molar-refractivity contribution in [2.24, 2.45) is 35.0 Å². The second-order valence-corrected chi connectivity index (χ2v) is 17.2. The van der Waals surface area contributed by atoms with Crippen molar-refractivity contribution in [2.45, 2.75) is 91.8 Å². The van der Waals surface area contributed by atoms with Gasteiger partial charge in [-0.3, -0.25) is 4.90 Å². The lowest BCUT2D eigenvalue weighted by Crippen LogP contribution is -2.83. The zero-order valence-corrected chi connectivity index (χ0v) is 28.4. The van der Waals surface area contributed by atoms with Gasteiger partial charge in [-0.2, -0.15) is 0 Å². The molecule has 0 radical (unpaired) electrons. The van der Waals surface area contributed by atoms with Crippen LogP contribution in [0.5, 0.6) is 0 Å². The summed E-state index contributed by atoms with van der Waals surface area (Å²) >= 11 is 0. The van der Waals surface area contributed by atoms with E-state index < -0.39 is 44.1 Å². The molecule has 1 aliphatic heterocycles. The fourth-order valence-corrected chi connectivity index (χ4v) is 13.7. The van der Waals surface area contributed by atoms with Gasteiger partial charge in [0, 0.05) is 56.2 Å². The van der Waals surface area contributed by atoms with E-state index in [1.807, 2.05) is 0 Å². The molecule has 11 heteroatoms. The molecule has 4 unspecified atom stereocenters. The number of likely N-dealkylation sites (N-methyl/N-ethyl adjacent to an activating group) is 1. The highest BCUT2D eigenvalue weighted by atomic mass is 32.2. The number of likely N-dealkylation sites (tertiary alicyclic amines) is 1. The topological polar surface area (TPSA) is 135 Å². The van der Waals surface area contributed by atoms with Crippen molar-refractivity contribution in [3.8, 4) is 0 Å². The molecule has 8 rings (SSSR count). The number of nitrogens with zero attached hydrogens (tertiary/aromatic N) is 2. The molecule has 5 aliphatic carbocycles. The normalized spacial score (nSPS) is 44.7. The maximum Gasteiger partial charge on any atom is 0.339 e. The predicted molar refractivity (Wildman–Crippen MR) is 171 cm³/mol. The van der Waals surface area contributed by atoms with Crippen LogP contribution < -0.4 is 0 Å². The number of sulfone groups is 1. The lowest BCUT2D eigenvalue weighted by atomic mass is 9.43. The van der Waals surface area contributed by atoms with Gasteiger partial charge in [0.25, 0.3) is 0 Å². The lowest BCUT2D eigenvalue weighted by molar-refractivity contribution is -0.335. The minimum Gasteiger partial charge on any atom is -0.454 e. The third kappa shape index (κ3) is 3.87. The van der Waals surface area contributed by atoms with Crippen molar-refractivity contribution >= 4 is 15.8 Å². The summed E-state index contributed by atoms with van der Waals surface area (Å²) in [5.41, 5.74) is -3.68. The maximum atomic E-state index is 14.4. The Morgan fingerprint density at radius 1 is 1.06 bits per heavy atom. The van der Waals surface area contributed by atoms with Crippen molar-refractivity contribution in [1.82, 2.24) is 9.88 Å². The minimum atomic E-state index is -3.82. The molecule has 6 aliphatic rings. The van der Waals surface area contributed by atoms with Crippen molar-refractivity contribution in [3.05, 3.63) is 59.8 Å². The van der Waals surface area contributed by atoms with E-state index >= 15 is 0 Å². The van der Waals surface area contributed by atoms with Gasteiger partial charge in [-0.1, -0.05) is 38.1 Å². The summed E-state index contributed by atoms with van der Waals surface area (Å²) in [5.74, 6) is -1.36. The molecule has 47 heavy (non-hydrogen) atoms. The number of hydrogen-bond acceptors (Lipinski definition) is 10. The SMILES string of the molecule is CCN1C[C@]2(OC(=O)c3ccccc3CS(=O)(=O)c3ccccn3)CC[C@H](OC)C34C2CC([C@@H]13)[C@@]1(O)C[C@H](C)[C@H]2CC4[C@]1(O)[C@H]2OC. The van der Waals surface area contributed by atoms with Crippen LogP contribution in [0.2, 0.25) is 0 Å². The number of esters is 1. The highest BCUT2D eigenvalue weighted by Crippen LogP contribution is 2.79. The van der Waals surface area contributed by atoms with Gasteiger partial charge in [0.15, 0.2) is 14.9 Å². The number of pyridine rings is 1. The van der Waals surface area contributed by atoms with Crippen LogP contribution in [-0.4, -0.2) is 96.8 Å². The summed E-state index contributed by atoms with van der Waals surface area (Å²) in [6.45, 7) is 5.49. The molecule has 10 nitrogen and oxygen atoms in total. The summed E-state index contributed by atoms with van der Waals surface area (Å²) in [4.78, 5) is 20.8. The second kappa shape index (κ2) is 10.5. The Balaban J connectivity index is 1.22. The van der Waals surface area contributed by atoms with Crippen molar-refractivity contribution in [2.75, 3.05) is 27.3 Å². The average Bonchev–Trinajstić information content (AvgIpc) is 3.49. The third-order valence-electron chi connectivity index (χ3n) is 13.8. The van der Waals surface area contributed by atoms with Crippen molar-refractivity contribution in [1.29, 1.82) is 0 Å². The Morgan fingerprint density at radius 3 is 2.53 bits per heavy atom. The Bertz CT molecular complexity index is 1690. The first kappa shape index (κ1) is 31.8. The number of methoxy groups -OCH3 is 2. The molecule has 1 aromatic heterocycles. The predicted octanol–water partition coefficient (Wildman–Crippen LogP) is 3.25. The van der Waals surface area contributed by atoms with E-state index in [2.05, 4.69) is 23.7 Å². The number of fused-ring (bicyclic) bond motifs is 2. The van der Waals surface area contributed by atoms with Gasteiger partial charge in [-0.05, 0) is 74.2 Å². The Hall–Kier alpha value is -2.41. The van der Waals surface area contributed by atoms with Crippen LogP contribution in [0.1, 0.15) is 61.9 Å². The fourth-order valence-electron chi connectivity index (χ4n) is 12.4. The number of benzene rings is 1. The van der Waals surface area contributed by atoms with Crippen LogP contribution in [0, 0.1) is 35.0 Å². The Kier molecular flexibility index (Phi) is 7.14. The molecule has 2 N–H and O–H groups in total. The van der Waals surface area contributed by atoms with Crippen LogP contribution >= 0.6 is 0 Å². The molecular weight excluding hydrogens is 620 g/mol. The number of carbonyl (C=O) groups is 1. The van der Waals surface area contributed by atoms with E-state index in [-0.39, 0.29) is 58.1 Å². The van der Waals surface area contributed by atoms with Gasteiger partial charge in [0.05, 0.1) is 23.5 Å². The summed E-state index contributed by atoms with van der Waals surface area (Å²) < 4.78 is 45.9. The summed E-state index contributed by atoms with van der Waals surface area (Å²) in [6.07, 6.45) is 3.82. The smallest absolute Gasteiger partial charge is 0.339 e. The van der Waals surface area contributed by atoms with E-state index in [1.54, 1.807) is 50.6 Å². The molecule has 2 aromatic rings. The van der Waals surface area contributed by atoms with E-state index in [0.29, 0.717) is 50.8 Å². The monoisotopic (exact) mass is 666 g/mol. The van der Waals surface area contributed by atoms with Crippen LogP contribution in [0.4, 0.5) is 0 Å². The molecule has 7 bridgehead atoms. The molecule has 5 saturated carbocycles. The summed E-state index contributed by atoms with van der Waals surface area (Å²) in [7, 11) is -0.420. The van der Waals surface area contributed by atoms with Crippen molar-refractivity contribution < 1.29 is 37.6 Å². The number of aliphatic hydroxyl groups is 2. The molecule has 0 amide bonds. The highest BCUT2D eigenvalue weighted by molar-refractivity contribution is 7.90. The zero-order valence-electron chi connectivity index (χ0n) is 27.5. The quantitative estimate of drug-likeness (QED) is 0.405. The first-order valence-electron chi connectivity index (χ1n) is 17.1. The summed E-state index contributed by atoms with van der Waals surface area (Å²) in [5, 5.41) is 25.7. The van der Waals surface area contributed by atoms with E-state index in [9.17, 15) is 23.4 Å². The van der Waals surface area contributed by atoms with E-state index in [0.717, 1.165) is 0 Å². The first-order chi connectivity index (χ1) is 22.4. The van der Waals surface area contributed by atoms with Crippen LogP contribution in [-0.2, 0) is 29.8 Å². The molecule has 254 valence electrons. The summed E-state index contributed by atoms with van der Waals surface area (Å²) in [6, 6.07) is 11.5. The number of rotatable bonds is 8. The number of carbonyl (C=O) groups excluding carboxylic acids is 1. The largest absolute Gasteiger partial charge is 0.454 e. The zero-order chi connectivity index (χ0) is 33.1. The number of piperidine rings is 1. The minimum absolute atomic E-state index is 0.0396. The van der Waals surface area contributed by atoms with Crippen molar-refractivity contribution in [3.63, 3.8) is 0 Å². The molecule has 1 aromatic carbocycles. The molecule has 1 saturated heterocycles. The van der Waals surface area contributed by atoms with Crippen LogP contribution in [0.25, 0.3) is 0 Å². The van der Waals surface area contributed by atoms with E-state index in [1.165, 1.54) is 12.3 Å². The standard InChI is InChI=1S/C36H46N2O8S/c1-5-38-20-33(46-32(39)23-11-7-6-10-22(23)19-47(42,43)29-12-8-9-15-37-29)14-13-28(44-3)35-26(33)17-25(30(35)38)34(40)18-21(2)24-16-27(35)36(34,41)31(24)45-4/h6-12,15,21,24-28,30-31,40-41H,5,13-14,16-20H2,1-4H3/t21-,24+,25?,26?,27?,28-,30+,31-,33+,34-,35?,36-/m0/s1. The van der Waals surface area contributed by atoms with Gasteiger partial charge in [-0.25, -0.2) is 18.2 Å². The average molecular weight is 667 g/mol. The first-order valence-corrected chi connectivity index (χ1v) is 18.8. The fraction of sp³-hybridized carbons (Fsp3) is 0.667. The lowest BCUT2D eigenvalue weighted by Gasteiger charge is -2.70. The van der Waals surface area contributed by atoms with Gasteiger partial charge in [-0.15, -0.1) is 0 Å². The number of hydrogen-bond donors (Lipinski definition) is 2. The highest BCUT2D eigenvalue weighted by Gasteiger charge is 2.88. The Morgan fingerprint density at radius 2 is 1.83 bits per heavy atom. The molecule has 6 fully saturated rings. The maximum absolute atomic E-state index is 14.4. The molecule has 12 atom stereocenters. The third-order valence-corrected chi connectivity index (χ3v) is 15.4. The second-order valence-electron chi connectivity index (χ2n) is 15.2. The number of aromatic nitrogens is 1. The van der Waals surface area contributed by atoms with E-state index in [4.69, 9.17) is 14.2 Å². The van der Waals surface area contributed by atoms with Crippen LogP contribution in [0.15, 0.2) is 53.7 Å². The van der Waals surface area contributed by atoms with Gasteiger partial charge < -0.3 is 24.4 Å². The van der Waals surface area contributed by atoms with Crippen LogP contribution in [0.3, 0.4) is 0 Å². The van der Waals surface area contributed by atoms with Gasteiger partial charge in [0.2, 0.25) is 0 Å².